The number of nitrogens with zero attached hydrogens (tertiary/aromatic N) is 2. The predicted octanol–water partition coefficient (Wildman–Crippen LogP) is 0.962. The van der Waals surface area contributed by atoms with E-state index in [0.717, 1.165) is 0 Å². The monoisotopic (exact) mass is 278 g/mol. The van der Waals surface area contributed by atoms with Crippen LogP contribution in [0.2, 0.25) is 0 Å². The van der Waals surface area contributed by atoms with Gasteiger partial charge < -0.3 is 24.9 Å². The molecular formula is C13H18N4O3. The second-order valence-corrected chi connectivity index (χ2v) is 5.39. The largest absolute Gasteiger partial charge is 0.467 e. The fraction of sp³-hybridized carbons (Fsp3) is 0.538. The van der Waals surface area contributed by atoms with Gasteiger partial charge in [0, 0.05) is 26.1 Å². The lowest BCUT2D eigenvalue weighted by Gasteiger charge is -2.52. The van der Waals surface area contributed by atoms with E-state index in [4.69, 9.17) is 4.42 Å². The minimum atomic E-state index is -0.289. The van der Waals surface area contributed by atoms with Crippen LogP contribution in [0, 0.1) is 5.92 Å². The molecule has 1 aromatic rings. The molecule has 7 heteroatoms. The van der Waals surface area contributed by atoms with Gasteiger partial charge in [0.15, 0.2) is 0 Å². The van der Waals surface area contributed by atoms with Crippen molar-refractivity contribution in [2.45, 2.75) is 25.2 Å². The third kappa shape index (κ3) is 1.73. The van der Waals surface area contributed by atoms with Crippen LogP contribution in [0.15, 0.2) is 22.8 Å². The Morgan fingerprint density at radius 2 is 1.80 bits per heavy atom. The van der Waals surface area contributed by atoms with Gasteiger partial charge >= 0.3 is 12.1 Å². The maximum absolute atomic E-state index is 12.1. The average molecular weight is 278 g/mol. The van der Waals surface area contributed by atoms with Crippen LogP contribution >= 0.6 is 0 Å². The molecule has 2 aliphatic heterocycles. The lowest BCUT2D eigenvalue weighted by Crippen LogP contribution is -2.71. The Morgan fingerprint density at radius 1 is 1.15 bits per heavy atom. The van der Waals surface area contributed by atoms with E-state index in [1.165, 1.54) is 0 Å². The van der Waals surface area contributed by atoms with Crippen LogP contribution in [0.3, 0.4) is 0 Å². The number of furan rings is 1. The number of fused-ring (bicyclic) bond motifs is 1. The normalized spacial score (nSPS) is 33.5. The van der Waals surface area contributed by atoms with E-state index in [1.807, 2.05) is 13.0 Å². The summed E-state index contributed by atoms with van der Waals surface area (Å²) in [4.78, 5) is 27.2. The molecule has 0 aromatic carbocycles. The van der Waals surface area contributed by atoms with Crippen LogP contribution in [0.4, 0.5) is 9.59 Å². The first-order chi connectivity index (χ1) is 9.50. The Balaban J connectivity index is 2.02. The van der Waals surface area contributed by atoms with E-state index in [1.54, 1.807) is 36.2 Å². The van der Waals surface area contributed by atoms with Crippen LogP contribution in [-0.2, 0) is 0 Å². The summed E-state index contributed by atoms with van der Waals surface area (Å²) in [5.41, 5.74) is 0. The molecule has 0 radical (unpaired) electrons. The Hall–Kier alpha value is -2.18. The minimum Gasteiger partial charge on any atom is -0.467 e. The summed E-state index contributed by atoms with van der Waals surface area (Å²) in [7, 11) is 3.40. The lowest BCUT2D eigenvalue weighted by atomic mass is 9.83. The Morgan fingerprint density at radius 3 is 2.40 bits per heavy atom. The number of carbonyl (C=O) groups excluding carboxylic acids is 2. The van der Waals surface area contributed by atoms with Crippen molar-refractivity contribution in [2.24, 2.45) is 5.92 Å². The van der Waals surface area contributed by atoms with Gasteiger partial charge in [0.05, 0.1) is 12.3 Å². The standard InChI is InChI=1S/C13H18N4O3/c1-7-9-10(8-5-4-6-20-8)15-13(19)17(3)11(9)16(2)12(18)14-7/h4-7,9-11H,1-3H3,(H,14,18)(H,15,19). The molecule has 108 valence electrons. The molecular weight excluding hydrogens is 260 g/mol. The molecule has 3 rings (SSSR count). The van der Waals surface area contributed by atoms with Gasteiger partial charge in [-0.25, -0.2) is 9.59 Å². The molecule has 2 saturated heterocycles. The fourth-order valence-corrected chi connectivity index (χ4v) is 3.19. The summed E-state index contributed by atoms with van der Waals surface area (Å²) in [6, 6.07) is 2.94. The quantitative estimate of drug-likeness (QED) is 0.803. The van der Waals surface area contributed by atoms with E-state index >= 15 is 0 Å². The van der Waals surface area contributed by atoms with Crippen LogP contribution < -0.4 is 10.6 Å². The highest BCUT2D eigenvalue weighted by Gasteiger charge is 2.50. The Kier molecular flexibility index (Phi) is 2.84. The van der Waals surface area contributed by atoms with Crippen molar-refractivity contribution in [3.05, 3.63) is 24.2 Å². The molecule has 4 amide bonds. The summed E-state index contributed by atoms with van der Waals surface area (Å²) >= 11 is 0. The zero-order valence-corrected chi connectivity index (χ0v) is 11.7. The second kappa shape index (κ2) is 4.43. The molecule has 0 bridgehead atoms. The lowest BCUT2D eigenvalue weighted by molar-refractivity contribution is -0.00216. The van der Waals surface area contributed by atoms with E-state index in [2.05, 4.69) is 10.6 Å². The molecule has 20 heavy (non-hydrogen) atoms. The highest BCUT2D eigenvalue weighted by atomic mass is 16.3. The molecule has 2 fully saturated rings. The number of urea groups is 2. The molecule has 3 heterocycles. The summed E-state index contributed by atoms with van der Waals surface area (Å²) in [6.07, 6.45) is 1.30. The van der Waals surface area contributed by atoms with Crippen LogP contribution in [0.25, 0.3) is 0 Å². The highest BCUT2D eigenvalue weighted by molar-refractivity contribution is 5.80. The van der Waals surface area contributed by atoms with Crippen LogP contribution in [0.1, 0.15) is 18.7 Å². The first-order valence-electron chi connectivity index (χ1n) is 6.60. The van der Waals surface area contributed by atoms with Gasteiger partial charge in [-0.3, -0.25) is 0 Å². The zero-order chi connectivity index (χ0) is 14.4. The van der Waals surface area contributed by atoms with Gasteiger partial charge in [0.25, 0.3) is 0 Å². The first-order valence-corrected chi connectivity index (χ1v) is 6.60. The maximum Gasteiger partial charge on any atom is 0.319 e. The maximum atomic E-state index is 12.1. The topological polar surface area (TPSA) is 77.8 Å². The van der Waals surface area contributed by atoms with Crippen molar-refractivity contribution in [2.75, 3.05) is 14.1 Å². The number of hydrogen-bond acceptors (Lipinski definition) is 3. The SMILES string of the molecule is CC1NC(=O)N(C)C2C1C(c1ccco1)NC(=O)N2C. The van der Waals surface area contributed by atoms with Crippen molar-refractivity contribution in [3.8, 4) is 0 Å². The molecule has 2 aliphatic rings. The predicted molar refractivity (Wildman–Crippen MR) is 70.8 cm³/mol. The summed E-state index contributed by atoms with van der Waals surface area (Å²) in [6.45, 7) is 1.95. The molecule has 4 unspecified atom stereocenters. The number of carbonyl (C=O) groups is 2. The third-order valence-corrected chi connectivity index (χ3v) is 4.22. The number of nitrogens with one attached hydrogen (secondary N) is 2. The van der Waals surface area contributed by atoms with Gasteiger partial charge in [-0.1, -0.05) is 0 Å². The molecule has 2 N–H and O–H groups in total. The van der Waals surface area contributed by atoms with E-state index in [-0.39, 0.29) is 36.2 Å². The van der Waals surface area contributed by atoms with Gasteiger partial charge in [-0.15, -0.1) is 0 Å². The van der Waals surface area contributed by atoms with Gasteiger partial charge in [-0.2, -0.15) is 0 Å². The van der Waals surface area contributed by atoms with E-state index in [0.29, 0.717) is 5.76 Å². The van der Waals surface area contributed by atoms with Crippen molar-refractivity contribution in [3.63, 3.8) is 0 Å². The molecule has 4 atom stereocenters. The summed E-state index contributed by atoms with van der Waals surface area (Å²) < 4.78 is 5.45. The van der Waals surface area contributed by atoms with Crippen LogP contribution in [-0.4, -0.2) is 48.2 Å². The molecule has 0 saturated carbocycles. The van der Waals surface area contributed by atoms with Crippen molar-refractivity contribution in [1.29, 1.82) is 0 Å². The van der Waals surface area contributed by atoms with Crippen molar-refractivity contribution in [1.82, 2.24) is 20.4 Å². The Bertz CT molecular complexity index is 526. The van der Waals surface area contributed by atoms with Crippen molar-refractivity contribution < 1.29 is 14.0 Å². The van der Waals surface area contributed by atoms with Gasteiger partial charge in [0.2, 0.25) is 0 Å². The fourth-order valence-electron chi connectivity index (χ4n) is 3.19. The molecule has 0 aliphatic carbocycles. The molecule has 1 aromatic heterocycles. The third-order valence-electron chi connectivity index (χ3n) is 4.22. The number of rotatable bonds is 1. The Labute approximate surface area is 116 Å². The average Bonchev–Trinajstić information content (AvgIpc) is 2.92. The van der Waals surface area contributed by atoms with E-state index in [9.17, 15) is 9.59 Å². The summed E-state index contributed by atoms with van der Waals surface area (Å²) in [5, 5.41) is 5.87. The smallest absolute Gasteiger partial charge is 0.319 e. The highest BCUT2D eigenvalue weighted by Crippen LogP contribution is 2.36. The zero-order valence-electron chi connectivity index (χ0n) is 11.7. The van der Waals surface area contributed by atoms with Crippen LogP contribution in [0.5, 0.6) is 0 Å². The van der Waals surface area contributed by atoms with Gasteiger partial charge in [-0.05, 0) is 19.1 Å². The first kappa shape index (κ1) is 12.8. The van der Waals surface area contributed by atoms with E-state index < -0.39 is 0 Å². The number of hydrogen-bond donors (Lipinski definition) is 2. The second-order valence-electron chi connectivity index (χ2n) is 5.39. The molecule has 7 nitrogen and oxygen atoms in total. The van der Waals surface area contributed by atoms with Crippen molar-refractivity contribution >= 4 is 12.1 Å². The molecule has 0 spiro atoms. The van der Waals surface area contributed by atoms with Gasteiger partial charge in [0.1, 0.15) is 11.9 Å². The summed E-state index contributed by atoms with van der Waals surface area (Å²) in [5.74, 6) is 0.712. The number of amides is 4. The minimum absolute atomic E-state index is 0.00606.